The van der Waals surface area contributed by atoms with Gasteiger partial charge in [-0.2, -0.15) is 10.4 Å². The second kappa shape index (κ2) is 9.26. The number of nitriles is 1. The van der Waals surface area contributed by atoms with E-state index in [4.69, 9.17) is 0 Å². The van der Waals surface area contributed by atoms with Crippen LogP contribution in [0.4, 0.5) is 17.1 Å². The molecule has 0 aliphatic rings. The number of benzene rings is 2. The van der Waals surface area contributed by atoms with E-state index in [2.05, 4.69) is 10.4 Å². The lowest BCUT2D eigenvalue weighted by Crippen LogP contribution is -2.42. The highest BCUT2D eigenvalue weighted by molar-refractivity contribution is 5.93. The van der Waals surface area contributed by atoms with Gasteiger partial charge in [0.05, 0.1) is 5.69 Å². The van der Waals surface area contributed by atoms with Gasteiger partial charge in [0.2, 0.25) is 5.91 Å². The van der Waals surface area contributed by atoms with Gasteiger partial charge >= 0.3 is 0 Å². The van der Waals surface area contributed by atoms with Crippen LogP contribution >= 0.6 is 0 Å². The van der Waals surface area contributed by atoms with Crippen molar-refractivity contribution in [1.82, 2.24) is 9.78 Å². The van der Waals surface area contributed by atoms with Crippen molar-refractivity contribution < 1.29 is 4.79 Å². The topological polar surface area (TPSA) is 91.0 Å². The first-order valence-electron chi connectivity index (χ1n) is 10.0. The lowest BCUT2D eigenvalue weighted by Gasteiger charge is -2.27. The number of carbonyl (C=O) groups excluding carboxylic acids is 1. The van der Waals surface area contributed by atoms with E-state index in [1.807, 2.05) is 74.5 Å². The molecule has 0 aliphatic carbocycles. The van der Waals surface area contributed by atoms with Gasteiger partial charge in [0.1, 0.15) is 18.2 Å². The zero-order valence-electron chi connectivity index (χ0n) is 18.1. The molecule has 0 bridgehead atoms. The number of anilines is 3. The summed E-state index contributed by atoms with van der Waals surface area (Å²) in [5.74, 6) is -0.277. The second-order valence-corrected chi connectivity index (χ2v) is 7.56. The lowest BCUT2D eigenvalue weighted by atomic mass is 10.1. The van der Waals surface area contributed by atoms with Crippen LogP contribution in [0.3, 0.4) is 0 Å². The first-order valence-corrected chi connectivity index (χ1v) is 10.0. The number of rotatable bonds is 6. The number of aromatic nitrogens is 2. The Morgan fingerprint density at radius 2 is 1.71 bits per heavy atom. The van der Waals surface area contributed by atoms with Crippen LogP contribution < -0.4 is 15.8 Å². The molecule has 0 radical (unpaired) electrons. The van der Waals surface area contributed by atoms with Crippen LogP contribution in [0.5, 0.6) is 0 Å². The van der Waals surface area contributed by atoms with E-state index in [1.165, 1.54) is 0 Å². The third-order valence-electron chi connectivity index (χ3n) is 5.03. The molecule has 3 aromatic rings. The average molecular weight is 415 g/mol. The summed E-state index contributed by atoms with van der Waals surface area (Å²) in [5.41, 5.74) is 3.15. The van der Waals surface area contributed by atoms with Gasteiger partial charge in [-0.15, -0.1) is 0 Å². The minimum absolute atomic E-state index is 0.0211. The molecule has 0 atom stereocenters. The van der Waals surface area contributed by atoms with E-state index in [9.17, 15) is 14.9 Å². The molecule has 1 amide bonds. The highest BCUT2D eigenvalue weighted by atomic mass is 16.2. The standard InChI is InChI=1S/C24H25N5O2/c1-16(2)29(21-12-10-20(11-13-21)26-19-8-6-5-7-9-19)23(30)15-28-24(31)22(14-25)17(3)18(4)27-28/h5-13,16,26H,15H2,1-4H3. The maximum absolute atomic E-state index is 13.1. The Morgan fingerprint density at radius 3 is 2.29 bits per heavy atom. The molecule has 0 fully saturated rings. The molecule has 31 heavy (non-hydrogen) atoms. The van der Waals surface area contributed by atoms with E-state index >= 15 is 0 Å². The summed E-state index contributed by atoms with van der Waals surface area (Å²) in [5, 5.41) is 16.8. The van der Waals surface area contributed by atoms with Gasteiger partial charge in [0.25, 0.3) is 5.56 Å². The molecular weight excluding hydrogens is 390 g/mol. The van der Waals surface area contributed by atoms with Crippen molar-refractivity contribution in [2.45, 2.75) is 40.3 Å². The van der Waals surface area contributed by atoms with E-state index in [0.717, 1.165) is 21.7 Å². The van der Waals surface area contributed by atoms with Crippen molar-refractivity contribution in [1.29, 1.82) is 5.26 Å². The summed E-state index contributed by atoms with van der Waals surface area (Å²) in [6.45, 7) is 6.97. The fourth-order valence-corrected chi connectivity index (χ4v) is 3.34. The van der Waals surface area contributed by atoms with E-state index in [1.54, 1.807) is 18.7 Å². The zero-order valence-corrected chi connectivity index (χ0v) is 18.1. The summed E-state index contributed by atoms with van der Waals surface area (Å²) < 4.78 is 1.07. The highest BCUT2D eigenvalue weighted by Crippen LogP contribution is 2.23. The molecule has 0 spiro atoms. The largest absolute Gasteiger partial charge is 0.356 e. The Morgan fingerprint density at radius 1 is 1.10 bits per heavy atom. The van der Waals surface area contributed by atoms with Gasteiger partial charge in [-0.1, -0.05) is 18.2 Å². The Hall–Kier alpha value is -3.92. The number of aryl methyl sites for hydroxylation is 1. The molecule has 1 aromatic heterocycles. The van der Waals surface area contributed by atoms with E-state index in [-0.39, 0.29) is 24.1 Å². The number of nitrogens with zero attached hydrogens (tertiary/aromatic N) is 4. The Kier molecular flexibility index (Phi) is 6.51. The van der Waals surface area contributed by atoms with Crippen molar-refractivity contribution in [2.75, 3.05) is 10.2 Å². The van der Waals surface area contributed by atoms with Crippen molar-refractivity contribution in [3.8, 4) is 6.07 Å². The van der Waals surface area contributed by atoms with Gasteiger partial charge in [0, 0.05) is 23.1 Å². The highest BCUT2D eigenvalue weighted by Gasteiger charge is 2.22. The minimum atomic E-state index is -0.551. The number of amides is 1. The van der Waals surface area contributed by atoms with Gasteiger partial charge < -0.3 is 10.2 Å². The van der Waals surface area contributed by atoms with Crippen molar-refractivity contribution in [3.63, 3.8) is 0 Å². The summed E-state index contributed by atoms with van der Waals surface area (Å²) in [6.07, 6.45) is 0. The molecule has 1 heterocycles. The fraction of sp³-hybridized carbons (Fsp3) is 0.250. The number of para-hydroxylation sites is 1. The van der Waals surface area contributed by atoms with Crippen LogP contribution in [-0.4, -0.2) is 21.7 Å². The molecule has 3 rings (SSSR count). The van der Waals surface area contributed by atoms with Crippen LogP contribution in [0.25, 0.3) is 0 Å². The van der Waals surface area contributed by atoms with E-state index in [0.29, 0.717) is 11.3 Å². The predicted molar refractivity (Wildman–Crippen MR) is 121 cm³/mol. The summed E-state index contributed by atoms with van der Waals surface area (Å²) in [7, 11) is 0. The van der Waals surface area contributed by atoms with Gasteiger partial charge in [-0.05, 0) is 69.7 Å². The summed E-state index contributed by atoms with van der Waals surface area (Å²) in [6, 6.07) is 19.1. The first kappa shape index (κ1) is 21.8. The zero-order chi connectivity index (χ0) is 22.5. The summed E-state index contributed by atoms with van der Waals surface area (Å²) >= 11 is 0. The maximum Gasteiger partial charge on any atom is 0.285 e. The fourth-order valence-electron chi connectivity index (χ4n) is 3.34. The van der Waals surface area contributed by atoms with Crippen LogP contribution in [0.15, 0.2) is 59.4 Å². The molecule has 0 aliphatic heterocycles. The minimum Gasteiger partial charge on any atom is -0.356 e. The average Bonchev–Trinajstić information content (AvgIpc) is 2.74. The quantitative estimate of drug-likeness (QED) is 0.659. The van der Waals surface area contributed by atoms with Crippen molar-refractivity contribution in [3.05, 3.63) is 81.8 Å². The molecule has 0 saturated heterocycles. The third kappa shape index (κ3) is 4.81. The van der Waals surface area contributed by atoms with E-state index < -0.39 is 5.56 Å². The molecular formula is C24H25N5O2. The number of nitrogens with one attached hydrogen (secondary N) is 1. The van der Waals surface area contributed by atoms with Gasteiger partial charge in [-0.3, -0.25) is 9.59 Å². The van der Waals surface area contributed by atoms with Crippen molar-refractivity contribution >= 4 is 23.0 Å². The molecule has 158 valence electrons. The molecule has 2 aromatic carbocycles. The van der Waals surface area contributed by atoms with Gasteiger partial charge in [0.15, 0.2) is 0 Å². The lowest BCUT2D eigenvalue weighted by molar-refractivity contribution is -0.119. The second-order valence-electron chi connectivity index (χ2n) is 7.56. The van der Waals surface area contributed by atoms with Crippen LogP contribution in [0.1, 0.15) is 30.7 Å². The first-order chi connectivity index (χ1) is 14.8. The third-order valence-corrected chi connectivity index (χ3v) is 5.03. The Balaban J connectivity index is 1.84. The number of hydrogen-bond acceptors (Lipinski definition) is 5. The summed E-state index contributed by atoms with van der Waals surface area (Å²) in [4.78, 5) is 27.3. The maximum atomic E-state index is 13.1. The SMILES string of the molecule is Cc1nn(CC(=O)N(c2ccc(Nc3ccccc3)cc2)C(C)C)c(=O)c(C#N)c1C. The van der Waals surface area contributed by atoms with Gasteiger partial charge in [-0.25, -0.2) is 4.68 Å². The molecule has 7 heteroatoms. The molecule has 0 saturated carbocycles. The van der Waals surface area contributed by atoms with Crippen LogP contribution in [-0.2, 0) is 11.3 Å². The number of carbonyl (C=O) groups is 1. The molecule has 1 N–H and O–H groups in total. The van der Waals surface area contributed by atoms with Crippen molar-refractivity contribution in [2.24, 2.45) is 0 Å². The van der Waals surface area contributed by atoms with Crippen LogP contribution in [0, 0.1) is 25.2 Å². The normalized spacial score (nSPS) is 10.6. The Bertz CT molecular complexity index is 1180. The Labute approximate surface area is 181 Å². The predicted octanol–water partition coefficient (Wildman–Crippen LogP) is 3.92. The monoisotopic (exact) mass is 415 g/mol. The van der Waals surface area contributed by atoms with Crippen LogP contribution in [0.2, 0.25) is 0 Å². The molecule has 0 unspecified atom stereocenters. The smallest absolute Gasteiger partial charge is 0.285 e. The molecule has 7 nitrogen and oxygen atoms in total. The number of hydrogen-bond donors (Lipinski definition) is 1.